The molecule has 0 saturated heterocycles. The van der Waals surface area contributed by atoms with E-state index in [0.717, 1.165) is 0 Å². The zero-order valence-electron chi connectivity index (χ0n) is 10.3. The maximum Gasteiger partial charge on any atom is 0.240 e. The molecule has 0 atom stereocenters. The van der Waals surface area contributed by atoms with Crippen LogP contribution in [0.15, 0.2) is 41.8 Å². The maximum atomic E-state index is 11.7. The van der Waals surface area contributed by atoms with E-state index in [9.17, 15) is 8.42 Å². The molecule has 1 aromatic carbocycles. The van der Waals surface area contributed by atoms with Crippen LogP contribution in [0.5, 0.6) is 5.75 Å². The summed E-state index contributed by atoms with van der Waals surface area (Å²) in [5.41, 5.74) is 0. The zero-order valence-corrected chi connectivity index (χ0v) is 11.1. The van der Waals surface area contributed by atoms with Crippen molar-refractivity contribution in [3.8, 4) is 5.75 Å². The van der Waals surface area contributed by atoms with Gasteiger partial charge in [-0.2, -0.15) is 0 Å². The molecule has 1 aromatic rings. The SMILES string of the molecule is C=CCNS(=O)(=O)c1ccc(OCCOC)cc1. The first-order valence-electron chi connectivity index (χ1n) is 5.42. The largest absolute Gasteiger partial charge is 0.491 e. The number of hydrogen-bond donors (Lipinski definition) is 1. The van der Waals surface area contributed by atoms with Crippen LogP contribution in [0.1, 0.15) is 0 Å². The van der Waals surface area contributed by atoms with E-state index in [1.54, 1.807) is 19.2 Å². The van der Waals surface area contributed by atoms with Gasteiger partial charge in [0.1, 0.15) is 12.4 Å². The first kappa shape index (κ1) is 14.7. The van der Waals surface area contributed by atoms with Crippen LogP contribution in [0.25, 0.3) is 0 Å². The molecule has 0 amide bonds. The van der Waals surface area contributed by atoms with Crippen molar-refractivity contribution in [2.75, 3.05) is 26.9 Å². The summed E-state index contributed by atoms with van der Waals surface area (Å²) < 4.78 is 36.1. The van der Waals surface area contributed by atoms with Gasteiger partial charge in [0.2, 0.25) is 10.0 Å². The summed E-state index contributed by atoms with van der Waals surface area (Å²) in [5.74, 6) is 0.606. The Labute approximate surface area is 107 Å². The standard InChI is InChI=1S/C12H17NO4S/c1-3-8-13-18(14,15)12-6-4-11(5-7-12)17-10-9-16-2/h3-7,13H,1,8-10H2,2H3. The van der Waals surface area contributed by atoms with Gasteiger partial charge in [-0.05, 0) is 24.3 Å². The summed E-state index contributed by atoms with van der Waals surface area (Å²) in [6, 6.07) is 6.21. The van der Waals surface area contributed by atoms with Crippen molar-refractivity contribution >= 4 is 10.0 Å². The van der Waals surface area contributed by atoms with Gasteiger partial charge in [0.25, 0.3) is 0 Å². The molecule has 5 nitrogen and oxygen atoms in total. The molecular formula is C12H17NO4S. The molecule has 18 heavy (non-hydrogen) atoms. The molecule has 0 spiro atoms. The Morgan fingerprint density at radius 1 is 1.28 bits per heavy atom. The van der Waals surface area contributed by atoms with Crippen LogP contribution in [0.3, 0.4) is 0 Å². The fraction of sp³-hybridized carbons (Fsp3) is 0.333. The van der Waals surface area contributed by atoms with E-state index in [0.29, 0.717) is 19.0 Å². The Morgan fingerprint density at radius 2 is 1.94 bits per heavy atom. The Bertz CT molecular complexity index is 467. The maximum absolute atomic E-state index is 11.7. The van der Waals surface area contributed by atoms with Crippen LogP contribution in [-0.2, 0) is 14.8 Å². The predicted octanol–water partition coefficient (Wildman–Crippen LogP) is 1.18. The number of sulfonamides is 1. The molecule has 0 aliphatic heterocycles. The lowest BCUT2D eigenvalue weighted by molar-refractivity contribution is 0.146. The van der Waals surface area contributed by atoms with Crippen LogP contribution in [-0.4, -0.2) is 35.3 Å². The number of rotatable bonds is 8. The molecule has 0 heterocycles. The molecule has 0 bridgehead atoms. The topological polar surface area (TPSA) is 64.6 Å². The molecule has 0 fully saturated rings. The molecule has 100 valence electrons. The minimum absolute atomic E-state index is 0.198. The van der Waals surface area contributed by atoms with Crippen molar-refractivity contribution in [3.05, 3.63) is 36.9 Å². The number of nitrogens with one attached hydrogen (secondary N) is 1. The third-order valence-electron chi connectivity index (χ3n) is 2.11. The number of ether oxygens (including phenoxy) is 2. The molecule has 1 rings (SSSR count). The predicted molar refractivity (Wildman–Crippen MR) is 69.2 cm³/mol. The van der Waals surface area contributed by atoms with Gasteiger partial charge < -0.3 is 9.47 Å². The van der Waals surface area contributed by atoms with E-state index < -0.39 is 10.0 Å². The highest BCUT2D eigenvalue weighted by Gasteiger charge is 2.12. The molecule has 0 aliphatic carbocycles. The third kappa shape index (κ3) is 4.48. The van der Waals surface area contributed by atoms with Gasteiger partial charge in [-0.25, -0.2) is 13.1 Å². The highest BCUT2D eigenvalue weighted by atomic mass is 32.2. The molecule has 1 N–H and O–H groups in total. The zero-order chi connectivity index (χ0) is 13.4. The second kappa shape index (κ2) is 7.15. The first-order valence-corrected chi connectivity index (χ1v) is 6.91. The minimum Gasteiger partial charge on any atom is -0.491 e. The van der Waals surface area contributed by atoms with E-state index in [1.807, 2.05) is 0 Å². The lowest BCUT2D eigenvalue weighted by atomic mass is 10.3. The Kier molecular flexibility index (Phi) is 5.84. The fourth-order valence-electron chi connectivity index (χ4n) is 1.21. The first-order chi connectivity index (χ1) is 8.60. The Balaban J connectivity index is 2.67. The highest BCUT2D eigenvalue weighted by molar-refractivity contribution is 7.89. The molecule has 0 unspecified atom stereocenters. The van der Waals surface area contributed by atoms with Gasteiger partial charge in [0, 0.05) is 13.7 Å². The molecule has 6 heteroatoms. The summed E-state index contributed by atoms with van der Waals surface area (Å²) in [6.07, 6.45) is 1.49. The molecular weight excluding hydrogens is 254 g/mol. The van der Waals surface area contributed by atoms with Crippen molar-refractivity contribution in [3.63, 3.8) is 0 Å². The van der Waals surface area contributed by atoms with Gasteiger partial charge in [0.15, 0.2) is 0 Å². The van der Waals surface area contributed by atoms with Gasteiger partial charge >= 0.3 is 0 Å². The van der Waals surface area contributed by atoms with Gasteiger partial charge in [0.05, 0.1) is 11.5 Å². The number of benzene rings is 1. The highest BCUT2D eigenvalue weighted by Crippen LogP contribution is 2.15. The lowest BCUT2D eigenvalue weighted by Gasteiger charge is -2.07. The Hall–Kier alpha value is -1.37. The van der Waals surface area contributed by atoms with Gasteiger partial charge in [-0.3, -0.25) is 0 Å². The normalized spacial score (nSPS) is 11.2. The second-order valence-electron chi connectivity index (χ2n) is 3.45. The average molecular weight is 271 g/mol. The van der Waals surface area contributed by atoms with E-state index in [-0.39, 0.29) is 11.4 Å². The molecule has 0 radical (unpaired) electrons. The minimum atomic E-state index is -3.47. The van der Waals surface area contributed by atoms with E-state index in [1.165, 1.54) is 18.2 Å². The van der Waals surface area contributed by atoms with E-state index >= 15 is 0 Å². The van der Waals surface area contributed by atoms with Crippen LogP contribution in [0, 0.1) is 0 Å². The van der Waals surface area contributed by atoms with E-state index in [4.69, 9.17) is 9.47 Å². The van der Waals surface area contributed by atoms with E-state index in [2.05, 4.69) is 11.3 Å². The van der Waals surface area contributed by atoms with Crippen LogP contribution < -0.4 is 9.46 Å². The smallest absolute Gasteiger partial charge is 0.240 e. The van der Waals surface area contributed by atoms with Crippen molar-refractivity contribution in [1.82, 2.24) is 4.72 Å². The summed E-state index contributed by atoms with van der Waals surface area (Å²) in [7, 11) is -1.88. The summed E-state index contributed by atoms with van der Waals surface area (Å²) in [5, 5.41) is 0. The summed E-state index contributed by atoms with van der Waals surface area (Å²) >= 11 is 0. The van der Waals surface area contributed by atoms with Crippen LogP contribution in [0.4, 0.5) is 0 Å². The lowest BCUT2D eigenvalue weighted by Crippen LogP contribution is -2.23. The van der Waals surface area contributed by atoms with Crippen molar-refractivity contribution in [1.29, 1.82) is 0 Å². The van der Waals surface area contributed by atoms with Crippen LogP contribution in [0.2, 0.25) is 0 Å². The van der Waals surface area contributed by atoms with Gasteiger partial charge in [-0.15, -0.1) is 6.58 Å². The third-order valence-corrected chi connectivity index (χ3v) is 3.55. The summed E-state index contributed by atoms with van der Waals surface area (Å²) in [6.45, 7) is 4.57. The molecule has 0 aliphatic rings. The number of methoxy groups -OCH3 is 1. The van der Waals surface area contributed by atoms with Crippen molar-refractivity contribution in [2.45, 2.75) is 4.90 Å². The summed E-state index contributed by atoms with van der Waals surface area (Å²) in [4.78, 5) is 0.198. The van der Waals surface area contributed by atoms with Gasteiger partial charge in [-0.1, -0.05) is 6.08 Å². The fourth-order valence-corrected chi connectivity index (χ4v) is 2.21. The van der Waals surface area contributed by atoms with Crippen molar-refractivity contribution in [2.24, 2.45) is 0 Å². The monoisotopic (exact) mass is 271 g/mol. The molecule has 0 aromatic heterocycles. The average Bonchev–Trinajstić information content (AvgIpc) is 2.37. The second-order valence-corrected chi connectivity index (χ2v) is 5.22. The quantitative estimate of drug-likeness (QED) is 0.569. The van der Waals surface area contributed by atoms with Crippen molar-refractivity contribution < 1.29 is 17.9 Å². The number of hydrogen-bond acceptors (Lipinski definition) is 4. The molecule has 0 saturated carbocycles. The Morgan fingerprint density at radius 3 is 2.50 bits per heavy atom. The van der Waals surface area contributed by atoms with Crippen LogP contribution >= 0.6 is 0 Å².